The first-order valence-electron chi connectivity index (χ1n) is 7.30. The van der Waals surface area contributed by atoms with Gasteiger partial charge in [-0.2, -0.15) is 0 Å². The minimum absolute atomic E-state index is 0.124. The van der Waals surface area contributed by atoms with Crippen molar-refractivity contribution < 1.29 is 0 Å². The molecule has 0 amide bonds. The predicted octanol–water partition coefficient (Wildman–Crippen LogP) is 3.37. The molecule has 2 aromatic rings. The van der Waals surface area contributed by atoms with Gasteiger partial charge in [-0.15, -0.1) is 0 Å². The first kappa shape index (κ1) is 15.8. The zero-order valence-corrected chi connectivity index (χ0v) is 13.2. The van der Waals surface area contributed by atoms with Crippen LogP contribution in [0.15, 0.2) is 51.4 Å². The third-order valence-electron chi connectivity index (χ3n) is 3.20. The second kappa shape index (κ2) is 8.00. The summed E-state index contributed by atoms with van der Waals surface area (Å²) in [6, 6.07) is 10.0. The van der Waals surface area contributed by atoms with Gasteiger partial charge in [0.25, 0.3) is 5.56 Å². The van der Waals surface area contributed by atoms with E-state index in [9.17, 15) is 4.79 Å². The molecule has 0 aliphatic carbocycles. The molecule has 1 aromatic heterocycles. The SMILES string of the molecule is CCCNC(CC)c1ccccc1Sc1nccc(=O)[nH]1. The highest BCUT2D eigenvalue weighted by atomic mass is 32.2. The van der Waals surface area contributed by atoms with Crippen molar-refractivity contribution in [3.8, 4) is 0 Å². The Kier molecular flexibility index (Phi) is 6.02. The molecule has 2 N–H and O–H groups in total. The van der Waals surface area contributed by atoms with Crippen molar-refractivity contribution in [3.63, 3.8) is 0 Å². The van der Waals surface area contributed by atoms with Crippen molar-refractivity contribution in [2.24, 2.45) is 0 Å². The molecule has 4 nitrogen and oxygen atoms in total. The molecule has 0 spiro atoms. The summed E-state index contributed by atoms with van der Waals surface area (Å²) in [4.78, 5) is 19.5. The molecular formula is C16H21N3OS. The van der Waals surface area contributed by atoms with Crippen LogP contribution in [-0.4, -0.2) is 16.5 Å². The summed E-state index contributed by atoms with van der Waals surface area (Å²) in [6.07, 6.45) is 3.67. The Morgan fingerprint density at radius 3 is 2.81 bits per heavy atom. The molecule has 5 heteroatoms. The maximum absolute atomic E-state index is 11.4. The molecule has 0 fully saturated rings. The summed E-state index contributed by atoms with van der Waals surface area (Å²) in [6.45, 7) is 5.34. The standard InChI is InChI=1S/C16H21N3OS/c1-3-10-17-13(4-2)12-7-5-6-8-14(12)21-16-18-11-9-15(20)19-16/h5-9,11,13,17H,3-4,10H2,1-2H3,(H,18,19,20). The Hall–Kier alpha value is -1.59. The Balaban J connectivity index is 2.25. The summed E-state index contributed by atoms with van der Waals surface area (Å²) < 4.78 is 0. The van der Waals surface area contributed by atoms with Gasteiger partial charge >= 0.3 is 0 Å². The number of aromatic amines is 1. The summed E-state index contributed by atoms with van der Waals surface area (Å²) in [5, 5.41) is 4.19. The average molecular weight is 303 g/mol. The van der Waals surface area contributed by atoms with Gasteiger partial charge in [-0.1, -0.05) is 43.8 Å². The molecule has 0 aliphatic rings. The van der Waals surface area contributed by atoms with Crippen LogP contribution in [0.4, 0.5) is 0 Å². The number of aromatic nitrogens is 2. The van der Waals surface area contributed by atoms with Crippen LogP contribution in [0.3, 0.4) is 0 Å². The molecule has 21 heavy (non-hydrogen) atoms. The molecule has 1 unspecified atom stereocenters. The number of nitrogens with zero attached hydrogens (tertiary/aromatic N) is 1. The fourth-order valence-electron chi connectivity index (χ4n) is 2.16. The van der Waals surface area contributed by atoms with Gasteiger partial charge in [0.15, 0.2) is 5.16 Å². The zero-order valence-electron chi connectivity index (χ0n) is 12.4. The lowest BCUT2D eigenvalue weighted by molar-refractivity contribution is 0.512. The van der Waals surface area contributed by atoms with E-state index in [0.717, 1.165) is 24.3 Å². The summed E-state index contributed by atoms with van der Waals surface area (Å²) in [5.74, 6) is 0. The van der Waals surface area contributed by atoms with Gasteiger partial charge in [0.1, 0.15) is 0 Å². The number of hydrogen-bond acceptors (Lipinski definition) is 4. The van der Waals surface area contributed by atoms with Crippen molar-refractivity contribution in [1.29, 1.82) is 0 Å². The molecule has 0 bridgehead atoms. The fourth-order valence-corrected chi connectivity index (χ4v) is 3.11. The monoisotopic (exact) mass is 303 g/mol. The smallest absolute Gasteiger partial charge is 0.251 e. The largest absolute Gasteiger partial charge is 0.310 e. The number of nitrogens with one attached hydrogen (secondary N) is 2. The molecule has 0 aliphatic heterocycles. The van der Waals surface area contributed by atoms with Gasteiger partial charge < -0.3 is 10.3 Å². The second-order valence-electron chi connectivity index (χ2n) is 4.79. The highest BCUT2D eigenvalue weighted by Gasteiger charge is 2.13. The maximum atomic E-state index is 11.4. The Labute approximate surface area is 129 Å². The Bertz CT molecular complexity index is 627. The number of rotatable bonds is 7. The fraction of sp³-hybridized carbons (Fsp3) is 0.375. The van der Waals surface area contributed by atoms with Crippen molar-refractivity contribution in [2.45, 2.75) is 42.8 Å². The van der Waals surface area contributed by atoms with E-state index in [2.05, 4.69) is 47.3 Å². The van der Waals surface area contributed by atoms with Gasteiger partial charge in [-0.3, -0.25) is 4.79 Å². The van der Waals surface area contributed by atoms with Crippen LogP contribution in [0.25, 0.3) is 0 Å². The van der Waals surface area contributed by atoms with Crippen molar-refractivity contribution in [3.05, 3.63) is 52.4 Å². The molecule has 1 atom stereocenters. The van der Waals surface area contributed by atoms with Crippen LogP contribution in [0.2, 0.25) is 0 Å². The van der Waals surface area contributed by atoms with Crippen molar-refractivity contribution in [2.75, 3.05) is 6.54 Å². The molecule has 112 valence electrons. The van der Waals surface area contributed by atoms with Gasteiger partial charge in [0, 0.05) is 23.2 Å². The van der Waals surface area contributed by atoms with Crippen LogP contribution >= 0.6 is 11.8 Å². The van der Waals surface area contributed by atoms with Crippen LogP contribution in [-0.2, 0) is 0 Å². The first-order valence-corrected chi connectivity index (χ1v) is 8.11. The minimum atomic E-state index is -0.124. The lowest BCUT2D eigenvalue weighted by Crippen LogP contribution is -2.22. The normalized spacial score (nSPS) is 12.3. The highest BCUT2D eigenvalue weighted by Crippen LogP contribution is 2.32. The number of hydrogen-bond donors (Lipinski definition) is 2. The van der Waals surface area contributed by atoms with Gasteiger partial charge in [0.05, 0.1) is 0 Å². The van der Waals surface area contributed by atoms with Crippen LogP contribution in [0.1, 0.15) is 38.3 Å². The third kappa shape index (κ3) is 4.44. The van der Waals surface area contributed by atoms with Crippen molar-refractivity contribution >= 4 is 11.8 Å². The summed E-state index contributed by atoms with van der Waals surface area (Å²) in [7, 11) is 0. The topological polar surface area (TPSA) is 57.8 Å². The van der Waals surface area contributed by atoms with Crippen LogP contribution in [0, 0.1) is 0 Å². The van der Waals surface area contributed by atoms with Gasteiger partial charge in [-0.05, 0) is 31.0 Å². The van der Waals surface area contributed by atoms with Gasteiger partial charge in [0.2, 0.25) is 0 Å². The van der Waals surface area contributed by atoms with Gasteiger partial charge in [-0.25, -0.2) is 4.98 Å². The zero-order chi connectivity index (χ0) is 15.1. The Morgan fingerprint density at radius 2 is 2.10 bits per heavy atom. The quantitative estimate of drug-likeness (QED) is 0.770. The van der Waals surface area contributed by atoms with E-state index >= 15 is 0 Å². The van der Waals surface area contributed by atoms with E-state index < -0.39 is 0 Å². The molecule has 1 aromatic carbocycles. The highest BCUT2D eigenvalue weighted by molar-refractivity contribution is 7.99. The molecule has 0 radical (unpaired) electrons. The van der Waals surface area contributed by atoms with Crippen molar-refractivity contribution in [1.82, 2.24) is 15.3 Å². The summed E-state index contributed by atoms with van der Waals surface area (Å²) in [5.41, 5.74) is 1.13. The first-order chi connectivity index (χ1) is 10.2. The number of H-pyrrole nitrogens is 1. The van der Waals surface area contributed by atoms with Crippen LogP contribution in [0.5, 0.6) is 0 Å². The molecular weight excluding hydrogens is 282 g/mol. The Morgan fingerprint density at radius 1 is 1.29 bits per heavy atom. The molecule has 1 heterocycles. The third-order valence-corrected chi connectivity index (χ3v) is 4.19. The minimum Gasteiger partial charge on any atom is -0.310 e. The maximum Gasteiger partial charge on any atom is 0.251 e. The molecule has 0 saturated carbocycles. The predicted molar refractivity (Wildman–Crippen MR) is 86.7 cm³/mol. The summed E-state index contributed by atoms with van der Waals surface area (Å²) >= 11 is 1.50. The van der Waals surface area contributed by atoms with E-state index in [1.807, 2.05) is 6.07 Å². The van der Waals surface area contributed by atoms with E-state index in [4.69, 9.17) is 0 Å². The van der Waals surface area contributed by atoms with E-state index in [1.165, 1.54) is 29.6 Å². The lowest BCUT2D eigenvalue weighted by atomic mass is 10.0. The lowest BCUT2D eigenvalue weighted by Gasteiger charge is -2.19. The van der Waals surface area contributed by atoms with E-state index in [0.29, 0.717) is 11.2 Å². The van der Waals surface area contributed by atoms with E-state index in [1.54, 1.807) is 0 Å². The second-order valence-corrected chi connectivity index (χ2v) is 5.82. The van der Waals surface area contributed by atoms with Crippen LogP contribution < -0.4 is 10.9 Å². The molecule has 0 saturated heterocycles. The van der Waals surface area contributed by atoms with E-state index in [-0.39, 0.29) is 5.56 Å². The molecule has 2 rings (SSSR count). The number of benzene rings is 1. The average Bonchev–Trinajstić information content (AvgIpc) is 2.49.